The Bertz CT molecular complexity index is 2080. The molecule has 2 unspecified atom stereocenters. The maximum Gasteiger partial charge on any atom is 0.408 e. The topological polar surface area (TPSA) is 118 Å². The minimum atomic E-state index is -4.70. The Morgan fingerprint density at radius 3 is 2.34 bits per heavy atom. The van der Waals surface area contributed by atoms with E-state index in [9.17, 15) is 45.8 Å². The van der Waals surface area contributed by atoms with Crippen LogP contribution < -0.4 is 16.2 Å². The van der Waals surface area contributed by atoms with Gasteiger partial charge in [0.05, 0.1) is 11.1 Å². The molecule has 0 saturated carbocycles. The minimum absolute atomic E-state index is 0.237. The van der Waals surface area contributed by atoms with Gasteiger partial charge in [-0.05, 0) is 61.4 Å². The zero-order valence-corrected chi connectivity index (χ0v) is 25.0. The minimum Gasteiger partial charge on any atom is -0.480 e. The number of carboxylic acids is 1. The van der Waals surface area contributed by atoms with E-state index in [0.29, 0.717) is 34.2 Å². The molecule has 9 nitrogen and oxygen atoms in total. The van der Waals surface area contributed by atoms with E-state index in [1.165, 1.54) is 58.6 Å². The molecule has 0 aliphatic rings. The van der Waals surface area contributed by atoms with Gasteiger partial charge >= 0.3 is 12.1 Å². The molecule has 15 heteroatoms. The normalized spacial score (nSPS) is 13.1. The number of nitrogens with zero attached hydrogens (tertiary/aromatic N) is 3. The first kappa shape index (κ1) is 33.0. The van der Waals surface area contributed by atoms with Crippen LogP contribution in [0, 0.1) is 24.4 Å². The lowest BCUT2D eigenvalue weighted by molar-refractivity contribution is -0.143. The van der Waals surface area contributed by atoms with E-state index >= 15 is 0 Å². The van der Waals surface area contributed by atoms with Gasteiger partial charge in [0, 0.05) is 48.2 Å². The highest BCUT2D eigenvalue weighted by Crippen LogP contribution is 2.31. The molecule has 5 rings (SSSR count). The standard InChI is InChI=1S/C32H27F6N5O4/c1-4-25(32(36,37)38)40-17-12-21(34)27(22(35)13-17)29(44)41-23(31(46)47)14-18-6-7-19(28-39-9-10-43(18)28)26-15(2)20-11-16(33)5-8-24(20)42(3)30(26)45/h5-13,23,25,40H,4,14H2,1-3H3,(H,41,44)(H,46,47). The van der Waals surface area contributed by atoms with Crippen molar-refractivity contribution in [2.24, 2.45) is 7.05 Å². The molecule has 0 fully saturated rings. The van der Waals surface area contributed by atoms with E-state index in [-0.39, 0.29) is 22.5 Å². The molecule has 0 bridgehead atoms. The quantitative estimate of drug-likeness (QED) is 0.173. The van der Waals surface area contributed by atoms with Crippen LogP contribution in [-0.4, -0.2) is 49.2 Å². The average molecular weight is 660 g/mol. The van der Waals surface area contributed by atoms with E-state index in [1.807, 2.05) is 5.32 Å². The van der Waals surface area contributed by atoms with Crippen molar-refractivity contribution in [1.82, 2.24) is 19.3 Å². The number of rotatable bonds is 9. The van der Waals surface area contributed by atoms with Crippen LogP contribution in [0.1, 0.15) is 35.0 Å². The summed E-state index contributed by atoms with van der Waals surface area (Å²) in [4.78, 5) is 42.8. The number of amides is 1. The number of hydrogen-bond donors (Lipinski definition) is 3. The van der Waals surface area contributed by atoms with E-state index in [1.54, 1.807) is 14.0 Å². The SMILES string of the molecule is CCC(Nc1cc(F)c(C(=O)NC(Cc2ccc(-c3c(C)c4cc(F)ccc4n(C)c3=O)c3nccn23)C(=O)O)c(F)c1)C(F)(F)F. The number of carbonyl (C=O) groups excluding carboxylic acids is 1. The molecular weight excluding hydrogens is 632 g/mol. The summed E-state index contributed by atoms with van der Waals surface area (Å²) in [5.74, 6) is -6.48. The molecule has 0 saturated heterocycles. The fourth-order valence-electron chi connectivity index (χ4n) is 5.55. The van der Waals surface area contributed by atoms with Crippen LogP contribution in [-0.2, 0) is 18.3 Å². The van der Waals surface area contributed by atoms with Crippen molar-refractivity contribution in [3.05, 3.63) is 99.5 Å². The third-order valence-corrected chi connectivity index (χ3v) is 7.95. The number of aromatic nitrogens is 3. The number of benzene rings is 2. The van der Waals surface area contributed by atoms with Crippen LogP contribution in [0.4, 0.5) is 32.0 Å². The summed E-state index contributed by atoms with van der Waals surface area (Å²) in [5, 5.41) is 14.4. The van der Waals surface area contributed by atoms with Crippen LogP contribution >= 0.6 is 0 Å². The second-order valence-electron chi connectivity index (χ2n) is 10.9. The van der Waals surface area contributed by atoms with Crippen LogP contribution in [0.3, 0.4) is 0 Å². The van der Waals surface area contributed by atoms with Gasteiger partial charge in [-0.1, -0.05) is 6.92 Å². The smallest absolute Gasteiger partial charge is 0.408 e. The molecule has 0 aliphatic heterocycles. The first-order valence-corrected chi connectivity index (χ1v) is 14.2. The van der Waals surface area contributed by atoms with E-state index in [0.717, 1.165) is 0 Å². The summed E-state index contributed by atoms with van der Waals surface area (Å²) in [6.45, 7) is 2.89. The molecule has 0 spiro atoms. The second kappa shape index (κ2) is 12.5. The predicted molar refractivity (Wildman–Crippen MR) is 161 cm³/mol. The fraction of sp³-hybridized carbons (Fsp3) is 0.250. The zero-order chi connectivity index (χ0) is 34.4. The molecule has 3 N–H and O–H groups in total. The Hall–Kier alpha value is -5.34. The second-order valence-corrected chi connectivity index (χ2v) is 10.9. The molecule has 246 valence electrons. The van der Waals surface area contributed by atoms with Crippen LogP contribution in [0.5, 0.6) is 0 Å². The average Bonchev–Trinajstić information content (AvgIpc) is 3.49. The number of pyridine rings is 2. The molecule has 1 amide bonds. The summed E-state index contributed by atoms with van der Waals surface area (Å²) >= 11 is 0. The molecular formula is C32H27F6N5O4. The van der Waals surface area contributed by atoms with Crippen molar-refractivity contribution >= 4 is 34.1 Å². The van der Waals surface area contributed by atoms with Gasteiger partial charge in [-0.3, -0.25) is 9.59 Å². The molecule has 3 aromatic heterocycles. The molecule has 3 heterocycles. The monoisotopic (exact) mass is 659 g/mol. The number of halogens is 6. The van der Waals surface area contributed by atoms with Gasteiger partial charge in [0.2, 0.25) is 0 Å². The number of alkyl halides is 3. The molecule has 5 aromatic rings. The van der Waals surface area contributed by atoms with E-state index in [2.05, 4.69) is 10.3 Å². The largest absolute Gasteiger partial charge is 0.480 e. The van der Waals surface area contributed by atoms with Gasteiger partial charge in [0.1, 0.15) is 40.7 Å². The third kappa shape index (κ3) is 6.24. The summed E-state index contributed by atoms with van der Waals surface area (Å²) in [7, 11) is 1.54. The van der Waals surface area contributed by atoms with Gasteiger partial charge in [0.15, 0.2) is 0 Å². The fourth-order valence-corrected chi connectivity index (χ4v) is 5.55. The molecule has 0 aliphatic carbocycles. The molecule has 2 atom stereocenters. The van der Waals surface area contributed by atoms with Gasteiger partial charge in [0.25, 0.3) is 11.5 Å². The lowest BCUT2D eigenvalue weighted by Crippen LogP contribution is -2.43. The lowest BCUT2D eigenvalue weighted by atomic mass is 9.98. The van der Waals surface area contributed by atoms with Crippen LogP contribution in [0.25, 0.3) is 27.7 Å². The van der Waals surface area contributed by atoms with E-state index < -0.39 is 71.7 Å². The first-order chi connectivity index (χ1) is 22.1. The number of imidazole rings is 1. The number of nitrogens with one attached hydrogen (secondary N) is 2. The summed E-state index contributed by atoms with van der Waals surface area (Å²) in [6.07, 6.45) is -2.64. The maximum atomic E-state index is 14.8. The van der Waals surface area contributed by atoms with Gasteiger partial charge in [-0.15, -0.1) is 0 Å². The van der Waals surface area contributed by atoms with Gasteiger partial charge in [-0.2, -0.15) is 13.2 Å². The van der Waals surface area contributed by atoms with Crippen molar-refractivity contribution in [3.63, 3.8) is 0 Å². The number of aryl methyl sites for hydroxylation is 2. The van der Waals surface area contributed by atoms with Crippen LogP contribution in [0.2, 0.25) is 0 Å². The number of aliphatic carboxylic acids is 1. The number of fused-ring (bicyclic) bond motifs is 2. The highest BCUT2D eigenvalue weighted by molar-refractivity contribution is 5.97. The Morgan fingerprint density at radius 1 is 1.04 bits per heavy atom. The molecule has 2 aromatic carbocycles. The van der Waals surface area contributed by atoms with Crippen molar-refractivity contribution < 1.29 is 41.0 Å². The third-order valence-electron chi connectivity index (χ3n) is 7.95. The number of hydrogen-bond acceptors (Lipinski definition) is 5. The lowest BCUT2D eigenvalue weighted by Gasteiger charge is -2.22. The highest BCUT2D eigenvalue weighted by atomic mass is 19.4. The Morgan fingerprint density at radius 2 is 1.72 bits per heavy atom. The Kier molecular flexibility index (Phi) is 8.75. The summed E-state index contributed by atoms with van der Waals surface area (Å²) in [5.41, 5.74) is 0.0246. The number of anilines is 1. The first-order valence-electron chi connectivity index (χ1n) is 14.2. The van der Waals surface area contributed by atoms with Gasteiger partial charge < -0.3 is 24.7 Å². The van der Waals surface area contributed by atoms with Crippen LogP contribution in [0.15, 0.2) is 59.7 Å². The van der Waals surface area contributed by atoms with Crippen molar-refractivity contribution in [1.29, 1.82) is 0 Å². The molecule has 47 heavy (non-hydrogen) atoms. The van der Waals surface area contributed by atoms with Crippen molar-refractivity contribution in [2.75, 3.05) is 5.32 Å². The number of carbonyl (C=O) groups is 2. The zero-order valence-electron chi connectivity index (χ0n) is 25.0. The predicted octanol–water partition coefficient (Wildman–Crippen LogP) is 5.76. The van der Waals surface area contributed by atoms with Gasteiger partial charge in [-0.25, -0.2) is 22.9 Å². The summed E-state index contributed by atoms with van der Waals surface area (Å²) in [6, 6.07) is 4.29. The van der Waals surface area contributed by atoms with Crippen molar-refractivity contribution in [3.8, 4) is 11.1 Å². The van der Waals surface area contributed by atoms with Crippen molar-refractivity contribution in [2.45, 2.75) is 44.9 Å². The molecule has 0 radical (unpaired) electrons. The summed E-state index contributed by atoms with van der Waals surface area (Å²) < 4.78 is 86.0. The maximum absolute atomic E-state index is 14.8. The Balaban J connectivity index is 1.46. The highest BCUT2D eigenvalue weighted by Gasteiger charge is 2.38. The number of carboxylic acid groups (broad SMARTS) is 1. The van der Waals surface area contributed by atoms with E-state index in [4.69, 9.17) is 0 Å². The Labute approximate surface area is 262 Å².